The Morgan fingerprint density at radius 1 is 1.64 bits per heavy atom. The largest absolute Gasteiger partial charge is 0.383 e. The lowest BCUT2D eigenvalue weighted by Crippen LogP contribution is -1.92. The number of rotatable bonds is 1. The van der Waals surface area contributed by atoms with E-state index in [9.17, 15) is 10.1 Å². The van der Waals surface area contributed by atoms with Gasteiger partial charge in [0.05, 0.1) is 0 Å². The first kappa shape index (κ1) is 8.42. The van der Waals surface area contributed by atoms with Gasteiger partial charge in [-0.1, -0.05) is 11.6 Å². The molecule has 0 amide bonds. The summed E-state index contributed by atoms with van der Waals surface area (Å²) in [6.45, 7) is 0. The molecular weight excluding hydrogens is 235 g/mol. The molecule has 0 aliphatic rings. The molecule has 0 unspecified atom stereocenters. The van der Waals surface area contributed by atoms with Gasteiger partial charge in [-0.15, -0.1) is 0 Å². The Bertz CT molecular complexity index is 305. The SMILES string of the molecule is O=[N+]([O-])c1nc(Br)ccc1Cl. The zero-order chi connectivity index (χ0) is 8.43. The lowest BCUT2D eigenvalue weighted by atomic mass is 10.5. The topological polar surface area (TPSA) is 56.0 Å². The summed E-state index contributed by atoms with van der Waals surface area (Å²) in [6, 6.07) is 2.95. The molecule has 1 heterocycles. The molecule has 0 N–H and O–H groups in total. The van der Waals surface area contributed by atoms with Gasteiger partial charge in [0.25, 0.3) is 0 Å². The zero-order valence-electron chi connectivity index (χ0n) is 5.12. The predicted octanol–water partition coefficient (Wildman–Crippen LogP) is 2.41. The molecule has 6 heteroatoms. The van der Waals surface area contributed by atoms with Crippen molar-refractivity contribution in [1.82, 2.24) is 4.98 Å². The molecule has 4 nitrogen and oxygen atoms in total. The maximum absolute atomic E-state index is 10.2. The Hall–Kier alpha value is -0.680. The molecule has 1 rings (SSSR count). The van der Waals surface area contributed by atoms with Crippen molar-refractivity contribution in [2.24, 2.45) is 0 Å². The van der Waals surface area contributed by atoms with E-state index in [0.717, 1.165) is 0 Å². The Morgan fingerprint density at radius 3 is 2.73 bits per heavy atom. The third-order valence-corrected chi connectivity index (χ3v) is 1.70. The smallest absolute Gasteiger partial charge is 0.358 e. The molecule has 58 valence electrons. The van der Waals surface area contributed by atoms with Gasteiger partial charge in [-0.05, 0) is 22.0 Å². The maximum Gasteiger partial charge on any atom is 0.383 e. The minimum atomic E-state index is -0.632. The number of aromatic nitrogens is 1. The Kier molecular flexibility index (Phi) is 2.41. The number of hydrogen-bond acceptors (Lipinski definition) is 3. The highest BCUT2D eigenvalue weighted by Gasteiger charge is 2.13. The van der Waals surface area contributed by atoms with E-state index in [1.165, 1.54) is 12.1 Å². The van der Waals surface area contributed by atoms with Crippen molar-refractivity contribution in [2.45, 2.75) is 0 Å². The first-order valence-corrected chi connectivity index (χ1v) is 3.75. The van der Waals surface area contributed by atoms with Gasteiger partial charge in [-0.2, -0.15) is 0 Å². The highest BCUT2D eigenvalue weighted by atomic mass is 79.9. The van der Waals surface area contributed by atoms with Crippen molar-refractivity contribution in [3.05, 3.63) is 31.9 Å². The van der Waals surface area contributed by atoms with E-state index in [2.05, 4.69) is 20.9 Å². The van der Waals surface area contributed by atoms with Crippen LogP contribution in [0.3, 0.4) is 0 Å². The summed E-state index contributed by atoms with van der Waals surface area (Å²) in [5.74, 6) is -0.332. The summed E-state index contributed by atoms with van der Waals surface area (Å²) in [5, 5.41) is 10.3. The Balaban J connectivity index is 3.23. The van der Waals surface area contributed by atoms with Gasteiger partial charge in [0.1, 0.15) is 5.02 Å². The summed E-state index contributed by atoms with van der Waals surface area (Å²) in [6.07, 6.45) is 0. The van der Waals surface area contributed by atoms with Gasteiger partial charge < -0.3 is 10.1 Å². The fourth-order valence-electron chi connectivity index (χ4n) is 0.536. The molecular formula is C5H2BrClN2O2. The zero-order valence-corrected chi connectivity index (χ0v) is 7.46. The van der Waals surface area contributed by atoms with Crippen molar-refractivity contribution in [3.63, 3.8) is 0 Å². The van der Waals surface area contributed by atoms with Crippen LogP contribution in [0.4, 0.5) is 5.82 Å². The van der Waals surface area contributed by atoms with Gasteiger partial charge in [-0.3, -0.25) is 0 Å². The van der Waals surface area contributed by atoms with E-state index in [1.54, 1.807) is 0 Å². The fraction of sp³-hybridized carbons (Fsp3) is 0. The quantitative estimate of drug-likeness (QED) is 0.428. The van der Waals surface area contributed by atoms with E-state index >= 15 is 0 Å². The van der Waals surface area contributed by atoms with Gasteiger partial charge >= 0.3 is 5.82 Å². The average molecular weight is 237 g/mol. The molecule has 0 spiro atoms. The summed E-state index contributed by atoms with van der Waals surface area (Å²) < 4.78 is 0.397. The molecule has 0 aromatic carbocycles. The first-order chi connectivity index (χ1) is 5.11. The van der Waals surface area contributed by atoms with Gasteiger partial charge in [-0.25, -0.2) is 0 Å². The fourth-order valence-corrected chi connectivity index (χ4v) is 1.01. The Morgan fingerprint density at radius 2 is 2.27 bits per heavy atom. The van der Waals surface area contributed by atoms with E-state index in [4.69, 9.17) is 11.6 Å². The maximum atomic E-state index is 10.2. The molecule has 1 aromatic heterocycles. The monoisotopic (exact) mass is 236 g/mol. The lowest BCUT2D eigenvalue weighted by molar-refractivity contribution is -0.389. The van der Waals surface area contributed by atoms with Crippen LogP contribution in [0, 0.1) is 10.1 Å². The van der Waals surface area contributed by atoms with E-state index in [1.807, 2.05) is 0 Å². The van der Waals surface area contributed by atoms with Crippen LogP contribution in [-0.2, 0) is 0 Å². The van der Waals surface area contributed by atoms with Crippen LogP contribution >= 0.6 is 27.5 Å². The number of nitrogens with zero attached hydrogens (tertiary/aromatic N) is 2. The second-order valence-corrected chi connectivity index (χ2v) is 2.92. The molecule has 0 radical (unpaired) electrons. The van der Waals surface area contributed by atoms with Crippen molar-refractivity contribution in [1.29, 1.82) is 0 Å². The molecule has 0 aliphatic carbocycles. The molecule has 1 aromatic rings. The van der Waals surface area contributed by atoms with E-state index in [-0.39, 0.29) is 10.8 Å². The van der Waals surface area contributed by atoms with Crippen molar-refractivity contribution < 1.29 is 4.92 Å². The van der Waals surface area contributed by atoms with E-state index in [0.29, 0.717) is 4.60 Å². The summed E-state index contributed by atoms with van der Waals surface area (Å²) in [7, 11) is 0. The van der Waals surface area contributed by atoms with Crippen LogP contribution in [0.25, 0.3) is 0 Å². The van der Waals surface area contributed by atoms with Gasteiger partial charge in [0.15, 0.2) is 0 Å². The van der Waals surface area contributed by atoms with Crippen LogP contribution in [0.15, 0.2) is 16.7 Å². The number of halogens is 2. The predicted molar refractivity (Wildman–Crippen MR) is 43.6 cm³/mol. The molecule has 11 heavy (non-hydrogen) atoms. The van der Waals surface area contributed by atoms with Crippen molar-refractivity contribution in [3.8, 4) is 0 Å². The standard InChI is InChI=1S/C5H2BrClN2O2/c6-4-2-1-3(7)5(8-4)9(10)11/h1-2H. The van der Waals surface area contributed by atoms with Gasteiger partial charge in [0, 0.05) is 15.9 Å². The minimum absolute atomic E-state index is 0.0400. The normalized spacial score (nSPS) is 9.64. The minimum Gasteiger partial charge on any atom is -0.358 e. The molecule has 0 fully saturated rings. The summed E-state index contributed by atoms with van der Waals surface area (Å²) in [4.78, 5) is 13.1. The number of pyridine rings is 1. The third-order valence-electron chi connectivity index (χ3n) is 0.966. The molecule has 0 saturated heterocycles. The van der Waals surface area contributed by atoms with E-state index < -0.39 is 4.92 Å². The van der Waals surface area contributed by atoms with Crippen molar-refractivity contribution in [2.75, 3.05) is 0 Å². The molecule has 0 aliphatic heterocycles. The summed E-state index contributed by atoms with van der Waals surface area (Å²) >= 11 is 8.46. The molecule has 0 atom stereocenters. The van der Waals surface area contributed by atoms with Crippen LogP contribution in [0.2, 0.25) is 5.02 Å². The highest BCUT2D eigenvalue weighted by Crippen LogP contribution is 2.23. The van der Waals surface area contributed by atoms with Crippen LogP contribution in [-0.4, -0.2) is 9.91 Å². The third kappa shape index (κ3) is 1.87. The number of nitro groups is 1. The highest BCUT2D eigenvalue weighted by molar-refractivity contribution is 9.10. The summed E-state index contributed by atoms with van der Waals surface area (Å²) in [5.41, 5.74) is 0. The van der Waals surface area contributed by atoms with Crippen molar-refractivity contribution >= 4 is 33.3 Å². The number of hydrogen-bond donors (Lipinski definition) is 0. The van der Waals surface area contributed by atoms with Gasteiger partial charge in [0.2, 0.25) is 4.60 Å². The van der Waals surface area contributed by atoms with Crippen LogP contribution in [0.1, 0.15) is 0 Å². The lowest BCUT2D eigenvalue weighted by Gasteiger charge is -1.92. The second kappa shape index (κ2) is 3.15. The second-order valence-electron chi connectivity index (χ2n) is 1.70. The van der Waals surface area contributed by atoms with Crippen LogP contribution in [0.5, 0.6) is 0 Å². The Labute approximate surface area is 75.5 Å². The average Bonchev–Trinajstić information content (AvgIpc) is 1.94. The molecule has 0 saturated carbocycles. The first-order valence-electron chi connectivity index (χ1n) is 2.57. The van der Waals surface area contributed by atoms with Crippen LogP contribution < -0.4 is 0 Å². The molecule has 0 bridgehead atoms.